The van der Waals surface area contributed by atoms with Crippen molar-refractivity contribution in [1.82, 2.24) is 4.98 Å². The van der Waals surface area contributed by atoms with E-state index in [1.807, 2.05) is 0 Å². The van der Waals surface area contributed by atoms with E-state index in [4.69, 9.17) is 5.11 Å². The molecule has 1 N–H and O–H groups in total. The minimum absolute atomic E-state index is 0.183. The number of pyridine rings is 1. The van der Waals surface area contributed by atoms with Gasteiger partial charge in [0.05, 0.1) is 6.61 Å². The predicted molar refractivity (Wildman–Crippen MR) is 58.7 cm³/mol. The molecule has 0 saturated carbocycles. The lowest BCUT2D eigenvalue weighted by Crippen LogP contribution is -2.40. The van der Waals surface area contributed by atoms with E-state index in [0.717, 1.165) is 4.90 Å². The molecule has 96 valence electrons. The highest BCUT2D eigenvalue weighted by atomic mass is 19.4. The summed E-state index contributed by atoms with van der Waals surface area (Å²) < 4.78 is 37.4. The molecule has 0 amide bonds. The summed E-state index contributed by atoms with van der Waals surface area (Å²) in [5, 5.41) is 9.10. The lowest BCUT2D eigenvalue weighted by atomic mass is 10.2. The molecule has 3 nitrogen and oxygen atoms in total. The summed E-state index contributed by atoms with van der Waals surface area (Å²) in [6.45, 7) is 1.90. The molecular weight excluding hydrogens is 233 g/mol. The average Bonchev–Trinajstić information content (AvgIpc) is 2.24. The number of hydrogen-bond acceptors (Lipinski definition) is 3. The number of alkyl halides is 3. The highest BCUT2D eigenvalue weighted by Crippen LogP contribution is 2.25. The highest BCUT2D eigenvalue weighted by Gasteiger charge is 2.33. The van der Waals surface area contributed by atoms with Crippen LogP contribution in [-0.2, 0) is 6.61 Å². The van der Waals surface area contributed by atoms with Gasteiger partial charge in [-0.15, -0.1) is 0 Å². The normalized spacial score (nSPS) is 11.9. The Bertz CT molecular complexity index is 366. The van der Waals surface area contributed by atoms with Crippen molar-refractivity contribution in [3.05, 3.63) is 23.9 Å². The largest absolute Gasteiger partial charge is 0.405 e. The zero-order chi connectivity index (χ0) is 13.1. The topological polar surface area (TPSA) is 36.4 Å². The van der Waals surface area contributed by atoms with Crippen molar-refractivity contribution >= 4 is 5.82 Å². The standard InChI is InChI=1S/C11H15F3N2O/c1-8(2)16(7-11(12,13)14)10-9(6-17)4-3-5-15-10/h3-5,8,17H,6-7H2,1-2H3. The van der Waals surface area contributed by atoms with E-state index in [1.165, 1.54) is 6.20 Å². The number of aromatic nitrogens is 1. The summed E-state index contributed by atoms with van der Waals surface area (Å²) in [5.41, 5.74) is 0.394. The van der Waals surface area contributed by atoms with E-state index in [-0.39, 0.29) is 18.5 Å². The Morgan fingerprint density at radius 3 is 2.53 bits per heavy atom. The molecule has 6 heteroatoms. The van der Waals surface area contributed by atoms with Crippen LogP contribution in [0.25, 0.3) is 0 Å². The maximum atomic E-state index is 12.5. The molecule has 0 spiro atoms. The molecule has 0 saturated heterocycles. The Balaban J connectivity index is 3.05. The summed E-state index contributed by atoms with van der Waals surface area (Å²) in [4.78, 5) is 5.05. The number of nitrogens with zero attached hydrogens (tertiary/aromatic N) is 2. The summed E-state index contributed by atoms with van der Waals surface area (Å²) in [6, 6.07) is 2.80. The molecule has 0 aromatic carbocycles. The van der Waals surface area contributed by atoms with Gasteiger partial charge < -0.3 is 10.0 Å². The molecule has 0 aliphatic heterocycles. The van der Waals surface area contributed by atoms with E-state index in [1.54, 1.807) is 26.0 Å². The van der Waals surface area contributed by atoms with Crippen LogP contribution in [0.5, 0.6) is 0 Å². The molecular formula is C11H15F3N2O. The fraction of sp³-hybridized carbons (Fsp3) is 0.545. The van der Waals surface area contributed by atoms with Crippen molar-refractivity contribution < 1.29 is 18.3 Å². The molecule has 0 atom stereocenters. The maximum Gasteiger partial charge on any atom is 0.405 e. The Hall–Kier alpha value is -1.30. The molecule has 1 aromatic rings. The van der Waals surface area contributed by atoms with Gasteiger partial charge >= 0.3 is 6.18 Å². The molecule has 0 unspecified atom stereocenters. The summed E-state index contributed by atoms with van der Waals surface area (Å²) in [6.07, 6.45) is -2.88. The summed E-state index contributed by atoms with van der Waals surface area (Å²) >= 11 is 0. The van der Waals surface area contributed by atoms with Gasteiger partial charge in [0, 0.05) is 17.8 Å². The zero-order valence-corrected chi connectivity index (χ0v) is 9.70. The third kappa shape index (κ3) is 3.89. The van der Waals surface area contributed by atoms with E-state index in [2.05, 4.69) is 4.98 Å². The van der Waals surface area contributed by atoms with Crippen molar-refractivity contribution in [2.75, 3.05) is 11.4 Å². The first kappa shape index (κ1) is 13.8. The number of halogens is 3. The molecule has 1 rings (SSSR count). The summed E-state index contributed by atoms with van der Waals surface area (Å²) in [5.74, 6) is 0.183. The van der Waals surface area contributed by atoms with Crippen molar-refractivity contribution in [3.8, 4) is 0 Å². The number of hydrogen-bond donors (Lipinski definition) is 1. The average molecular weight is 248 g/mol. The minimum Gasteiger partial charge on any atom is -0.392 e. The van der Waals surface area contributed by atoms with E-state index >= 15 is 0 Å². The van der Waals surface area contributed by atoms with Gasteiger partial charge in [-0.3, -0.25) is 0 Å². The van der Waals surface area contributed by atoms with Crippen molar-refractivity contribution in [3.63, 3.8) is 0 Å². The Labute approximate surface area is 97.9 Å². The molecule has 0 bridgehead atoms. The van der Waals surface area contributed by atoms with Gasteiger partial charge in [0.2, 0.25) is 0 Å². The smallest absolute Gasteiger partial charge is 0.392 e. The molecule has 1 aromatic heterocycles. The molecule has 0 radical (unpaired) electrons. The highest BCUT2D eigenvalue weighted by molar-refractivity contribution is 5.47. The number of rotatable bonds is 4. The van der Waals surface area contributed by atoms with Crippen molar-refractivity contribution in [2.24, 2.45) is 0 Å². The zero-order valence-electron chi connectivity index (χ0n) is 9.70. The molecule has 0 fully saturated rings. The molecule has 1 heterocycles. The fourth-order valence-electron chi connectivity index (χ4n) is 1.51. The van der Waals surface area contributed by atoms with Crippen molar-refractivity contribution in [1.29, 1.82) is 0 Å². The second kappa shape index (κ2) is 5.35. The third-order valence-electron chi connectivity index (χ3n) is 2.28. The van der Waals surface area contributed by atoms with E-state index < -0.39 is 12.7 Å². The first-order chi connectivity index (χ1) is 7.85. The van der Waals surface area contributed by atoms with Gasteiger partial charge in [0.15, 0.2) is 0 Å². The molecule has 0 aliphatic carbocycles. The SMILES string of the molecule is CC(C)N(CC(F)(F)F)c1ncccc1CO. The lowest BCUT2D eigenvalue weighted by Gasteiger charge is -2.30. The van der Waals surface area contributed by atoms with Gasteiger partial charge in [0.25, 0.3) is 0 Å². The first-order valence-corrected chi connectivity index (χ1v) is 5.23. The van der Waals surface area contributed by atoms with Gasteiger partial charge in [0.1, 0.15) is 12.4 Å². The van der Waals surface area contributed by atoms with E-state index in [0.29, 0.717) is 5.56 Å². The second-order valence-corrected chi connectivity index (χ2v) is 3.98. The first-order valence-electron chi connectivity index (χ1n) is 5.23. The maximum absolute atomic E-state index is 12.5. The second-order valence-electron chi connectivity index (χ2n) is 3.98. The van der Waals surface area contributed by atoms with Crippen molar-refractivity contribution in [2.45, 2.75) is 32.7 Å². The quantitative estimate of drug-likeness (QED) is 0.888. The van der Waals surface area contributed by atoms with Crippen LogP contribution in [0.15, 0.2) is 18.3 Å². The van der Waals surface area contributed by atoms with Crippen LogP contribution in [0.3, 0.4) is 0 Å². The number of anilines is 1. The van der Waals surface area contributed by atoms with Gasteiger partial charge in [-0.1, -0.05) is 6.07 Å². The fourth-order valence-corrected chi connectivity index (χ4v) is 1.51. The monoisotopic (exact) mass is 248 g/mol. The third-order valence-corrected chi connectivity index (χ3v) is 2.28. The van der Waals surface area contributed by atoms with Gasteiger partial charge in [-0.05, 0) is 19.9 Å². The molecule has 17 heavy (non-hydrogen) atoms. The molecule has 0 aliphatic rings. The minimum atomic E-state index is -4.30. The predicted octanol–water partition coefficient (Wildman–Crippen LogP) is 2.35. The Morgan fingerprint density at radius 1 is 1.41 bits per heavy atom. The van der Waals surface area contributed by atoms with Crippen LogP contribution in [0, 0.1) is 0 Å². The Morgan fingerprint density at radius 2 is 2.06 bits per heavy atom. The number of aliphatic hydroxyl groups excluding tert-OH is 1. The van der Waals surface area contributed by atoms with E-state index in [9.17, 15) is 13.2 Å². The lowest BCUT2D eigenvalue weighted by molar-refractivity contribution is -0.120. The summed E-state index contributed by atoms with van der Waals surface area (Å²) in [7, 11) is 0. The van der Waals surface area contributed by atoms with Crippen LogP contribution in [0.4, 0.5) is 19.0 Å². The van der Waals surface area contributed by atoms with Crippen LogP contribution < -0.4 is 4.90 Å². The van der Waals surface area contributed by atoms with Gasteiger partial charge in [-0.25, -0.2) is 4.98 Å². The van der Waals surface area contributed by atoms with Gasteiger partial charge in [-0.2, -0.15) is 13.2 Å². The van der Waals surface area contributed by atoms with Crippen LogP contribution >= 0.6 is 0 Å². The Kier molecular flexibility index (Phi) is 4.34. The van der Waals surface area contributed by atoms with Crippen LogP contribution in [-0.4, -0.2) is 28.9 Å². The van der Waals surface area contributed by atoms with Crippen LogP contribution in [0.2, 0.25) is 0 Å². The van der Waals surface area contributed by atoms with Crippen LogP contribution in [0.1, 0.15) is 19.4 Å². The number of aliphatic hydroxyl groups is 1.